The highest BCUT2D eigenvalue weighted by Crippen LogP contribution is 2.38. The van der Waals surface area contributed by atoms with E-state index in [2.05, 4.69) is 95.0 Å². The lowest BCUT2D eigenvalue weighted by Gasteiger charge is -2.34. The van der Waals surface area contributed by atoms with Crippen molar-refractivity contribution in [3.63, 3.8) is 0 Å². The number of phenolic OH excluding ortho intramolecular Hbond substituents is 1. The van der Waals surface area contributed by atoms with E-state index in [0.29, 0.717) is 25.1 Å². The van der Waals surface area contributed by atoms with Gasteiger partial charge in [0.15, 0.2) is 0 Å². The second-order valence-corrected chi connectivity index (χ2v) is 17.4. The van der Waals surface area contributed by atoms with Crippen molar-refractivity contribution in [1.82, 2.24) is 21.3 Å². The summed E-state index contributed by atoms with van der Waals surface area (Å²) in [6.45, 7) is 10.0. The molecule has 11 nitrogen and oxygen atoms in total. The van der Waals surface area contributed by atoms with Crippen LogP contribution in [-0.2, 0) is 25.6 Å². The van der Waals surface area contributed by atoms with Gasteiger partial charge in [-0.15, -0.1) is 0 Å². The molecule has 0 aliphatic rings. The smallest absolute Gasteiger partial charge is 0.244 e. The highest BCUT2D eigenvalue weighted by molar-refractivity contribution is 8.77. The highest BCUT2D eigenvalue weighted by atomic mass is 33.1. The Bertz CT molecular complexity index is 1560. The molecule has 0 aliphatic carbocycles. The summed E-state index contributed by atoms with van der Waals surface area (Å²) < 4.78 is -0.912. The Morgan fingerprint density at radius 3 is 1.72 bits per heavy atom. The number of aliphatic hydroxyl groups is 2. The lowest BCUT2D eigenvalue weighted by Crippen LogP contribution is -2.61. The van der Waals surface area contributed by atoms with Crippen LogP contribution in [0.5, 0.6) is 5.75 Å². The van der Waals surface area contributed by atoms with Crippen LogP contribution in [0.3, 0.4) is 0 Å². The topological polar surface area (TPSA) is 177 Å². The molecule has 13 heteroatoms. The Morgan fingerprint density at radius 2 is 1.24 bits per heavy atom. The highest BCUT2D eigenvalue weighted by Gasteiger charge is 2.39. The molecule has 0 spiro atoms. The van der Waals surface area contributed by atoms with Crippen LogP contribution in [-0.4, -0.2) is 87.3 Å². The summed E-state index contributed by atoms with van der Waals surface area (Å²) >= 11 is 0. The van der Waals surface area contributed by atoms with Crippen molar-refractivity contribution < 1.29 is 34.5 Å². The monoisotopic (exact) mass is 840 g/mol. The van der Waals surface area contributed by atoms with Crippen molar-refractivity contribution in [1.29, 1.82) is 0 Å². The lowest BCUT2D eigenvalue weighted by atomic mass is 9.94. The molecule has 1 aromatic rings. The van der Waals surface area contributed by atoms with Crippen LogP contribution in [0.4, 0.5) is 0 Å². The molecule has 0 bridgehead atoms. The third-order valence-corrected chi connectivity index (χ3v) is 12.0. The fourth-order valence-corrected chi connectivity index (χ4v) is 8.13. The zero-order valence-corrected chi connectivity index (χ0v) is 36.9. The summed E-state index contributed by atoms with van der Waals surface area (Å²) in [6, 6.07) is 0.0661. The first-order valence-corrected chi connectivity index (χ1v) is 22.4. The van der Waals surface area contributed by atoms with Crippen LogP contribution in [0.2, 0.25) is 0 Å². The number of hydrogen-bond donors (Lipinski definition) is 7. The standard InChI is InChI=1S/C45H68N4O7S2/c1-7-8-9-10-11-12-13-14-15-16-17-18-19-20-21-22-23-24-25-26-41(54)46-27-28-57-58-45(5,6)42(44(56)48-37(32-50)33-51)49-43(55)40(47-36(4)52)31-39-34(2)29-38(53)30-35(39)3/h8-9,11-12,14-15,17-18,20-21,23-24,29-30,37,40,42,50-51,53H,7,10,13,16,19,22,25-28,31-33H2,1-6H3,(H,46,54)(H,47,52)(H,48,56)(H,49,55)/b9-8-,12-11-,15-14-,18-17-,21-20-,24-23-. The minimum absolute atomic E-state index is 0.0592. The summed E-state index contributed by atoms with van der Waals surface area (Å²) in [5, 5.41) is 40.2. The Labute approximate surface area is 354 Å². The van der Waals surface area contributed by atoms with Crippen molar-refractivity contribution in [3.8, 4) is 5.75 Å². The van der Waals surface area contributed by atoms with Crippen molar-refractivity contribution >= 4 is 45.2 Å². The summed E-state index contributed by atoms with van der Waals surface area (Å²) in [5.41, 5.74) is 2.27. The van der Waals surface area contributed by atoms with Gasteiger partial charge in [-0.05, 0) is 101 Å². The number of amides is 4. The van der Waals surface area contributed by atoms with Gasteiger partial charge < -0.3 is 36.6 Å². The van der Waals surface area contributed by atoms with E-state index in [1.807, 2.05) is 6.08 Å². The van der Waals surface area contributed by atoms with Crippen LogP contribution >= 0.6 is 21.6 Å². The van der Waals surface area contributed by atoms with E-state index < -0.39 is 53.8 Å². The van der Waals surface area contributed by atoms with Crippen molar-refractivity contribution in [2.24, 2.45) is 0 Å². The number of carbonyl (C=O) groups is 4. The van der Waals surface area contributed by atoms with E-state index in [-0.39, 0.29) is 18.1 Å². The van der Waals surface area contributed by atoms with E-state index in [1.54, 1.807) is 39.8 Å². The first-order chi connectivity index (χ1) is 27.7. The maximum absolute atomic E-state index is 13.8. The predicted molar refractivity (Wildman–Crippen MR) is 242 cm³/mol. The molecule has 0 fully saturated rings. The fraction of sp³-hybridized carbons (Fsp3) is 0.511. The molecule has 0 radical (unpaired) electrons. The first-order valence-electron chi connectivity index (χ1n) is 20.1. The molecule has 58 heavy (non-hydrogen) atoms. The largest absolute Gasteiger partial charge is 0.508 e. The van der Waals surface area contributed by atoms with Crippen LogP contribution in [0.25, 0.3) is 0 Å². The van der Waals surface area contributed by atoms with Gasteiger partial charge in [-0.25, -0.2) is 0 Å². The van der Waals surface area contributed by atoms with E-state index in [9.17, 15) is 34.5 Å². The molecule has 2 atom stereocenters. The molecule has 1 aromatic carbocycles. The Hall–Kier alpha value is -4.04. The normalized spacial score (nSPS) is 13.5. The molecule has 0 heterocycles. The number of rotatable bonds is 29. The average Bonchev–Trinajstić information content (AvgIpc) is 3.17. The lowest BCUT2D eigenvalue weighted by molar-refractivity contribution is -0.132. The fourth-order valence-electron chi connectivity index (χ4n) is 5.60. The number of aromatic hydroxyl groups is 1. The maximum Gasteiger partial charge on any atom is 0.244 e. The second kappa shape index (κ2) is 31.0. The van der Waals surface area contributed by atoms with Gasteiger partial charge in [0.1, 0.15) is 17.8 Å². The van der Waals surface area contributed by atoms with E-state index in [0.717, 1.165) is 55.2 Å². The van der Waals surface area contributed by atoms with Gasteiger partial charge >= 0.3 is 0 Å². The minimum Gasteiger partial charge on any atom is -0.508 e. The number of nitrogens with one attached hydrogen (secondary N) is 4. The van der Waals surface area contributed by atoms with Gasteiger partial charge in [-0.2, -0.15) is 0 Å². The van der Waals surface area contributed by atoms with Gasteiger partial charge in [0, 0.05) is 36.8 Å². The third kappa shape index (κ3) is 23.4. The minimum atomic E-state index is -1.13. The molecule has 0 saturated carbocycles. The zero-order valence-electron chi connectivity index (χ0n) is 35.3. The quantitative estimate of drug-likeness (QED) is 0.0261. The maximum atomic E-state index is 13.8. The number of aliphatic hydroxyl groups excluding tert-OH is 2. The molecular formula is C45H68N4O7S2. The Balaban J connectivity index is 2.59. The molecular weight excluding hydrogens is 773 g/mol. The van der Waals surface area contributed by atoms with E-state index in [1.165, 1.54) is 28.5 Å². The summed E-state index contributed by atoms with van der Waals surface area (Å²) in [4.78, 5) is 51.8. The summed E-state index contributed by atoms with van der Waals surface area (Å²) in [6.07, 6.45) is 32.5. The number of benzene rings is 1. The second-order valence-electron chi connectivity index (χ2n) is 14.3. The number of phenols is 1. The van der Waals surface area contributed by atoms with Crippen molar-refractivity contribution in [2.45, 2.75) is 122 Å². The van der Waals surface area contributed by atoms with Crippen LogP contribution in [0.1, 0.15) is 95.8 Å². The molecule has 2 unspecified atom stereocenters. The van der Waals surface area contributed by atoms with Crippen LogP contribution in [0, 0.1) is 13.8 Å². The molecule has 0 aliphatic heterocycles. The van der Waals surface area contributed by atoms with E-state index >= 15 is 0 Å². The van der Waals surface area contributed by atoms with Gasteiger partial charge in [-0.3, -0.25) is 19.2 Å². The van der Waals surface area contributed by atoms with Crippen LogP contribution < -0.4 is 21.3 Å². The van der Waals surface area contributed by atoms with Gasteiger partial charge in [0.2, 0.25) is 23.6 Å². The van der Waals surface area contributed by atoms with Gasteiger partial charge in [-0.1, -0.05) is 101 Å². The number of carbonyl (C=O) groups excluding carboxylic acids is 4. The molecule has 4 amide bonds. The molecule has 0 aromatic heterocycles. The summed E-state index contributed by atoms with van der Waals surface area (Å²) in [7, 11) is 2.78. The third-order valence-electron chi connectivity index (χ3n) is 8.73. The van der Waals surface area contributed by atoms with Gasteiger partial charge in [0.25, 0.3) is 0 Å². The molecule has 322 valence electrons. The van der Waals surface area contributed by atoms with E-state index in [4.69, 9.17) is 0 Å². The SMILES string of the molecule is CC/C=C\C/C=C\C/C=C\C/C=C\C/C=C\C/C=C\CCC(=O)NCCSSC(C)(C)C(NC(=O)C(Cc1c(C)cc(O)cc1C)NC(C)=O)C(=O)NC(CO)CO. The van der Waals surface area contributed by atoms with Crippen LogP contribution in [0.15, 0.2) is 85.0 Å². The number of allylic oxidation sites excluding steroid dienone is 12. The molecule has 0 saturated heterocycles. The number of hydrogen-bond acceptors (Lipinski definition) is 9. The zero-order chi connectivity index (χ0) is 43.2. The Morgan fingerprint density at radius 1 is 0.741 bits per heavy atom. The summed E-state index contributed by atoms with van der Waals surface area (Å²) in [5.74, 6) is -1.07. The van der Waals surface area contributed by atoms with Gasteiger partial charge in [0.05, 0.1) is 19.3 Å². The van der Waals surface area contributed by atoms with Crippen molar-refractivity contribution in [2.75, 3.05) is 25.5 Å². The predicted octanol–water partition coefficient (Wildman–Crippen LogP) is 6.76. The molecule has 7 N–H and O–H groups in total. The first kappa shape index (κ1) is 52.0. The average molecular weight is 841 g/mol. The molecule has 1 rings (SSSR count). The van der Waals surface area contributed by atoms with Crippen molar-refractivity contribution in [3.05, 3.63) is 102 Å². The Kier molecular flexibility index (Phi) is 27.7. The number of aryl methyl sites for hydroxylation is 2.